The average molecular weight is 532 g/mol. The van der Waals surface area contributed by atoms with E-state index >= 15 is 0 Å². The number of H-pyrrole nitrogens is 1. The molecule has 2 unspecified atom stereocenters. The number of halogens is 1. The van der Waals surface area contributed by atoms with Gasteiger partial charge >= 0.3 is 6.09 Å². The third kappa shape index (κ3) is 6.42. The third-order valence-electron chi connectivity index (χ3n) is 5.90. The Kier molecular flexibility index (Phi) is 7.99. The van der Waals surface area contributed by atoms with Crippen LogP contribution in [0.1, 0.15) is 64.7 Å². The zero-order chi connectivity index (χ0) is 24.1. The summed E-state index contributed by atoms with van der Waals surface area (Å²) in [5, 5.41) is 0. The Morgan fingerprint density at radius 3 is 2.91 bits per heavy atom. The van der Waals surface area contributed by atoms with Gasteiger partial charge in [-0.15, -0.1) is 0 Å². The van der Waals surface area contributed by atoms with Crippen molar-refractivity contribution in [1.82, 2.24) is 14.9 Å². The fourth-order valence-corrected chi connectivity index (χ4v) is 4.62. The van der Waals surface area contributed by atoms with Crippen molar-refractivity contribution >= 4 is 22.0 Å². The van der Waals surface area contributed by atoms with E-state index in [0.717, 1.165) is 53.0 Å². The highest BCUT2D eigenvalue weighted by Crippen LogP contribution is 2.37. The van der Waals surface area contributed by atoms with E-state index in [9.17, 15) is 4.79 Å². The molecular weight excluding hydrogens is 498 g/mol. The molecule has 4 rings (SSSR count). The van der Waals surface area contributed by atoms with E-state index in [0.29, 0.717) is 26.2 Å². The molecule has 2 atom stereocenters. The summed E-state index contributed by atoms with van der Waals surface area (Å²) < 4.78 is 18.9. The molecule has 7 nitrogen and oxygen atoms in total. The topological polar surface area (TPSA) is 76.7 Å². The number of carbonyl (C=O) groups excluding carboxylic acids is 1. The lowest BCUT2D eigenvalue weighted by molar-refractivity contribution is 0.0178. The van der Waals surface area contributed by atoms with Crippen LogP contribution >= 0.6 is 15.9 Å². The number of likely N-dealkylation sites (tertiary alicyclic amines) is 1. The van der Waals surface area contributed by atoms with Crippen LogP contribution < -0.4 is 4.74 Å². The number of aromatic nitrogens is 2. The third-order valence-corrected chi connectivity index (χ3v) is 6.40. The van der Waals surface area contributed by atoms with Gasteiger partial charge in [0.05, 0.1) is 43.8 Å². The summed E-state index contributed by atoms with van der Waals surface area (Å²) in [6.07, 6.45) is 10.5. The highest BCUT2D eigenvalue weighted by molar-refractivity contribution is 9.10. The zero-order valence-corrected chi connectivity index (χ0v) is 21.8. The Bertz CT molecular complexity index is 1010. The summed E-state index contributed by atoms with van der Waals surface area (Å²) in [6.45, 7) is 7.29. The predicted octanol–water partition coefficient (Wildman–Crippen LogP) is 6.42. The molecule has 34 heavy (non-hydrogen) atoms. The van der Waals surface area contributed by atoms with Gasteiger partial charge in [0.25, 0.3) is 0 Å². The minimum Gasteiger partial charge on any atom is -0.493 e. The Morgan fingerprint density at radius 1 is 1.24 bits per heavy atom. The SMILES string of the molecule is CC(C)(C)OC(=O)N1CC2CC1c1ncc([nH]1)-c1ccc(Br)cc1OCCCCC/C=C/CO2. The van der Waals surface area contributed by atoms with E-state index in [2.05, 4.69) is 38.0 Å². The van der Waals surface area contributed by atoms with E-state index in [4.69, 9.17) is 14.2 Å². The van der Waals surface area contributed by atoms with Crippen LogP contribution in [0.15, 0.2) is 41.0 Å². The molecule has 1 aromatic heterocycles. The normalized spacial score (nSPS) is 22.8. The van der Waals surface area contributed by atoms with Gasteiger partial charge in [-0.2, -0.15) is 0 Å². The van der Waals surface area contributed by atoms with Gasteiger partial charge in [-0.05, 0) is 64.7 Å². The van der Waals surface area contributed by atoms with Gasteiger partial charge in [-0.25, -0.2) is 9.78 Å². The molecule has 2 aliphatic heterocycles. The van der Waals surface area contributed by atoms with Crippen molar-refractivity contribution in [2.75, 3.05) is 19.8 Å². The van der Waals surface area contributed by atoms with Gasteiger partial charge < -0.3 is 19.2 Å². The van der Waals surface area contributed by atoms with Gasteiger partial charge in [0, 0.05) is 16.5 Å². The summed E-state index contributed by atoms with van der Waals surface area (Å²) in [7, 11) is 0. The van der Waals surface area contributed by atoms with Crippen molar-refractivity contribution < 1.29 is 19.0 Å². The smallest absolute Gasteiger partial charge is 0.411 e. The first kappa shape index (κ1) is 24.8. The number of fused-ring (bicyclic) bond motifs is 7. The fraction of sp³-hybridized carbons (Fsp3) is 0.538. The average Bonchev–Trinajstić information content (AvgIpc) is 3.41. The largest absolute Gasteiger partial charge is 0.493 e. The number of amides is 1. The van der Waals surface area contributed by atoms with Gasteiger partial charge in [0.15, 0.2) is 0 Å². The van der Waals surface area contributed by atoms with E-state index in [1.807, 2.05) is 45.2 Å². The number of nitrogens with one attached hydrogen (secondary N) is 1. The van der Waals surface area contributed by atoms with Crippen LogP contribution in [0.5, 0.6) is 5.75 Å². The molecule has 2 aromatic rings. The minimum atomic E-state index is -0.576. The van der Waals surface area contributed by atoms with Crippen molar-refractivity contribution in [3.05, 3.63) is 46.8 Å². The fourth-order valence-electron chi connectivity index (χ4n) is 4.28. The first-order valence-electron chi connectivity index (χ1n) is 12.0. The van der Waals surface area contributed by atoms with E-state index in [-0.39, 0.29) is 18.2 Å². The monoisotopic (exact) mass is 531 g/mol. The second-order valence-electron chi connectivity index (χ2n) is 9.83. The van der Waals surface area contributed by atoms with E-state index in [1.165, 1.54) is 0 Å². The summed E-state index contributed by atoms with van der Waals surface area (Å²) in [5.74, 6) is 1.53. The number of ether oxygens (including phenoxy) is 3. The maximum Gasteiger partial charge on any atom is 0.411 e. The van der Waals surface area contributed by atoms with Crippen LogP contribution in [0.3, 0.4) is 0 Å². The van der Waals surface area contributed by atoms with Crippen LogP contribution in [0.2, 0.25) is 0 Å². The highest BCUT2D eigenvalue weighted by Gasteiger charge is 2.40. The molecule has 1 saturated heterocycles. The summed E-state index contributed by atoms with van der Waals surface area (Å²) in [4.78, 5) is 22.9. The number of rotatable bonds is 0. The molecule has 1 amide bonds. The molecule has 1 fully saturated rings. The summed E-state index contributed by atoms with van der Waals surface area (Å²) in [6, 6.07) is 5.75. The number of nitrogens with zero attached hydrogens (tertiary/aromatic N) is 2. The van der Waals surface area contributed by atoms with Crippen LogP contribution in [-0.4, -0.2) is 52.4 Å². The number of benzene rings is 1. The van der Waals surface area contributed by atoms with Crippen LogP contribution in [0, 0.1) is 0 Å². The van der Waals surface area contributed by atoms with Gasteiger partial charge in [0.1, 0.15) is 17.2 Å². The van der Waals surface area contributed by atoms with Gasteiger partial charge in [0.2, 0.25) is 0 Å². The second kappa shape index (κ2) is 11.0. The second-order valence-corrected chi connectivity index (χ2v) is 10.7. The van der Waals surface area contributed by atoms with E-state index < -0.39 is 5.60 Å². The quantitative estimate of drug-likeness (QED) is 0.397. The van der Waals surface area contributed by atoms with Crippen molar-refractivity contribution in [2.24, 2.45) is 0 Å². The molecule has 3 heterocycles. The van der Waals surface area contributed by atoms with Crippen molar-refractivity contribution in [1.29, 1.82) is 0 Å². The number of allylic oxidation sites excluding steroid dienone is 1. The lowest BCUT2D eigenvalue weighted by Crippen LogP contribution is -2.37. The molecule has 1 N–H and O–H groups in total. The van der Waals surface area contributed by atoms with Crippen LogP contribution in [0.4, 0.5) is 4.79 Å². The molecule has 8 heteroatoms. The Balaban J connectivity index is 1.64. The molecule has 4 bridgehead atoms. The first-order chi connectivity index (χ1) is 16.3. The van der Waals surface area contributed by atoms with Crippen molar-refractivity contribution in [2.45, 2.75) is 70.6 Å². The number of hydrogen-bond donors (Lipinski definition) is 1. The maximum atomic E-state index is 13.0. The van der Waals surface area contributed by atoms with Crippen LogP contribution in [0.25, 0.3) is 11.3 Å². The molecule has 0 saturated carbocycles. The number of hydrogen-bond acceptors (Lipinski definition) is 5. The molecule has 184 valence electrons. The summed E-state index contributed by atoms with van der Waals surface area (Å²) >= 11 is 3.55. The van der Waals surface area contributed by atoms with Crippen molar-refractivity contribution in [3.8, 4) is 17.0 Å². The lowest BCUT2D eigenvalue weighted by Gasteiger charge is -2.27. The zero-order valence-electron chi connectivity index (χ0n) is 20.2. The number of carbonyl (C=O) groups is 1. The highest BCUT2D eigenvalue weighted by atomic mass is 79.9. The number of imidazole rings is 1. The maximum absolute atomic E-state index is 13.0. The molecule has 0 aliphatic carbocycles. The Morgan fingerprint density at radius 2 is 2.09 bits per heavy atom. The standard InChI is InChI=1S/C26H34BrN3O4/c1-26(2,3)34-25(31)30-17-19-15-22(30)24-28-16-21(29-24)20-11-10-18(27)14-23(20)33-13-9-7-5-4-6-8-12-32-19/h6,8,10-11,14,16,19,22H,4-5,7,9,12-13,15,17H2,1-3H3,(H,28,29)/b8-6+. The van der Waals surface area contributed by atoms with Crippen molar-refractivity contribution in [3.63, 3.8) is 0 Å². The minimum absolute atomic E-state index is 0.0822. The molecule has 2 aliphatic rings. The van der Waals surface area contributed by atoms with Crippen LogP contribution in [-0.2, 0) is 9.47 Å². The number of aromatic amines is 1. The predicted molar refractivity (Wildman–Crippen MR) is 135 cm³/mol. The molecule has 1 aromatic carbocycles. The van der Waals surface area contributed by atoms with Gasteiger partial charge in [-0.1, -0.05) is 28.1 Å². The van der Waals surface area contributed by atoms with E-state index in [1.54, 1.807) is 4.90 Å². The van der Waals surface area contributed by atoms with Gasteiger partial charge in [-0.3, -0.25) is 4.90 Å². The Hall–Kier alpha value is -2.32. The molecular formula is C26H34BrN3O4. The summed E-state index contributed by atoms with van der Waals surface area (Å²) in [5.41, 5.74) is 1.23. The first-order valence-corrected chi connectivity index (χ1v) is 12.8. The Labute approximate surface area is 210 Å². The lowest BCUT2D eigenvalue weighted by atomic mass is 10.1. The molecule has 0 spiro atoms. The molecule has 0 radical (unpaired) electrons.